The van der Waals surface area contributed by atoms with Crippen LogP contribution in [0.4, 0.5) is 0 Å². The van der Waals surface area contributed by atoms with Crippen LogP contribution in [0, 0.1) is 0 Å². The van der Waals surface area contributed by atoms with Gasteiger partial charge in [0.25, 0.3) is 0 Å². The molecule has 0 fully saturated rings. The van der Waals surface area contributed by atoms with E-state index in [0.717, 1.165) is 11.5 Å². The maximum absolute atomic E-state index is 9.93. The van der Waals surface area contributed by atoms with Gasteiger partial charge in [-0.1, -0.05) is 4.49 Å². The zero-order valence-corrected chi connectivity index (χ0v) is 4.42. The first-order valence-corrected chi connectivity index (χ1v) is 2.46. The number of rotatable bonds is 1. The Morgan fingerprint density at radius 2 is 2.50 bits per heavy atom. The summed E-state index contributed by atoms with van der Waals surface area (Å²) in [6.45, 7) is 0. The second kappa shape index (κ2) is 1.83. The Bertz CT molecular complexity index is 183. The smallest absolute Gasteiger partial charge is 0.368 e. The van der Waals surface area contributed by atoms with Gasteiger partial charge in [0.05, 0.1) is 0 Å². The van der Waals surface area contributed by atoms with Gasteiger partial charge in [-0.2, -0.15) is 0 Å². The molecule has 1 rings (SSSR count). The molecule has 0 bridgehead atoms. The molecule has 0 aromatic carbocycles. The molecule has 0 unspecified atom stereocenters. The van der Waals surface area contributed by atoms with Crippen LogP contribution in [0.15, 0.2) is 0 Å². The summed E-state index contributed by atoms with van der Waals surface area (Å²) >= 11 is 0.759. The largest absolute Gasteiger partial charge is 0.476 e. The summed E-state index contributed by atoms with van der Waals surface area (Å²) in [6, 6.07) is 0. The van der Waals surface area contributed by atoms with Gasteiger partial charge in [0, 0.05) is 11.5 Å². The van der Waals surface area contributed by atoms with Crippen molar-refractivity contribution in [2.45, 2.75) is 0 Å². The lowest BCUT2D eigenvalue weighted by molar-refractivity contribution is 0.0695. The Morgan fingerprint density at radius 3 is 2.75 bits per heavy atom. The van der Waals surface area contributed by atoms with Gasteiger partial charge in [-0.3, -0.25) is 0 Å². The van der Waals surface area contributed by atoms with Crippen molar-refractivity contribution < 1.29 is 9.90 Å². The topological polar surface area (TPSA) is 76.0 Å². The Balaban J connectivity index is 2.93. The van der Waals surface area contributed by atoms with Crippen molar-refractivity contribution in [3.63, 3.8) is 0 Å². The lowest BCUT2D eigenvalue weighted by Crippen LogP contribution is -1.93. The Morgan fingerprint density at radius 1 is 1.75 bits per heavy atom. The monoisotopic (exact) mass is 131 g/mol. The van der Waals surface area contributed by atoms with Gasteiger partial charge in [-0.05, 0) is 5.21 Å². The third-order valence-electron chi connectivity index (χ3n) is 0.482. The molecule has 0 radical (unpaired) electrons. The summed E-state index contributed by atoms with van der Waals surface area (Å²) < 4.78 is 3.24. The van der Waals surface area contributed by atoms with E-state index in [1.165, 1.54) is 0 Å². The summed E-state index contributed by atoms with van der Waals surface area (Å²) in [5.41, 5.74) is 0. The third kappa shape index (κ3) is 0.784. The normalized spacial score (nSPS) is 9.00. The second-order valence-electron chi connectivity index (χ2n) is 0.973. The average molecular weight is 131 g/mol. The highest BCUT2D eigenvalue weighted by Gasteiger charge is 2.05. The lowest BCUT2D eigenvalue weighted by Gasteiger charge is -1.73. The molecule has 5 nitrogen and oxygen atoms in total. The van der Waals surface area contributed by atoms with E-state index in [4.69, 9.17) is 5.11 Å². The van der Waals surface area contributed by atoms with Gasteiger partial charge in [0.1, 0.15) is 0 Å². The minimum absolute atomic E-state index is 0.0787. The second-order valence-corrected chi connectivity index (χ2v) is 1.71. The SMILES string of the molecule is O=C(O)c1nnns1. The highest BCUT2D eigenvalue weighted by Crippen LogP contribution is 1.94. The van der Waals surface area contributed by atoms with E-state index in [1.54, 1.807) is 0 Å². The van der Waals surface area contributed by atoms with Crippen LogP contribution in [0.5, 0.6) is 0 Å². The molecule has 8 heavy (non-hydrogen) atoms. The van der Waals surface area contributed by atoms with Gasteiger partial charge in [0.2, 0.25) is 5.01 Å². The fraction of sp³-hybridized carbons (Fsp3) is 0. The zero-order valence-electron chi connectivity index (χ0n) is 3.61. The number of aromatic carboxylic acids is 1. The molecule has 1 N–H and O–H groups in total. The van der Waals surface area contributed by atoms with E-state index in [-0.39, 0.29) is 5.01 Å². The van der Waals surface area contributed by atoms with E-state index in [2.05, 4.69) is 14.8 Å². The molecule has 0 saturated carbocycles. The van der Waals surface area contributed by atoms with Crippen LogP contribution in [-0.2, 0) is 0 Å². The summed E-state index contributed by atoms with van der Waals surface area (Å²) in [4.78, 5) is 9.93. The zero-order chi connectivity index (χ0) is 5.98. The van der Waals surface area contributed by atoms with Gasteiger partial charge in [-0.15, -0.1) is 5.10 Å². The van der Waals surface area contributed by atoms with Gasteiger partial charge in [-0.25, -0.2) is 4.79 Å². The van der Waals surface area contributed by atoms with E-state index >= 15 is 0 Å². The molecule has 0 aliphatic heterocycles. The fourth-order valence-corrected chi connectivity index (χ4v) is 0.517. The van der Waals surface area contributed by atoms with Crippen LogP contribution in [0.1, 0.15) is 9.80 Å². The first-order chi connectivity index (χ1) is 3.80. The predicted molar refractivity (Wildman–Crippen MR) is 24.7 cm³/mol. The highest BCUT2D eigenvalue weighted by molar-refractivity contribution is 7.07. The van der Waals surface area contributed by atoms with Gasteiger partial charge in [0.15, 0.2) is 0 Å². The minimum Gasteiger partial charge on any atom is -0.476 e. The van der Waals surface area contributed by atoms with E-state index in [1.807, 2.05) is 0 Å². The molecule has 0 spiro atoms. The number of nitrogens with zero attached hydrogens (tertiary/aromatic N) is 3. The number of carboxylic acid groups (broad SMARTS) is 1. The first-order valence-electron chi connectivity index (χ1n) is 1.69. The summed E-state index contributed by atoms with van der Waals surface area (Å²) in [7, 11) is 0. The molecular weight excluding hydrogens is 130 g/mol. The minimum atomic E-state index is -1.08. The van der Waals surface area contributed by atoms with Crippen molar-refractivity contribution in [3.8, 4) is 0 Å². The van der Waals surface area contributed by atoms with Crippen LogP contribution >= 0.6 is 11.5 Å². The quantitative estimate of drug-likeness (QED) is 0.562. The summed E-state index contributed by atoms with van der Waals surface area (Å²) in [5.74, 6) is -1.08. The van der Waals surface area contributed by atoms with Crippen LogP contribution in [-0.4, -0.2) is 25.9 Å². The molecule has 0 amide bonds. The van der Waals surface area contributed by atoms with E-state index in [0.29, 0.717) is 0 Å². The number of carboxylic acids is 1. The van der Waals surface area contributed by atoms with Crippen LogP contribution in [0.3, 0.4) is 0 Å². The molecule has 6 heteroatoms. The van der Waals surface area contributed by atoms with Crippen LogP contribution < -0.4 is 0 Å². The maximum Gasteiger partial charge on any atom is 0.368 e. The molecule has 1 aromatic rings. The Kier molecular flexibility index (Phi) is 1.17. The molecule has 0 atom stereocenters. The Labute approximate surface area is 48.1 Å². The van der Waals surface area contributed by atoms with Crippen molar-refractivity contribution in [1.82, 2.24) is 14.8 Å². The van der Waals surface area contributed by atoms with Gasteiger partial charge >= 0.3 is 5.97 Å². The van der Waals surface area contributed by atoms with E-state index < -0.39 is 5.97 Å². The summed E-state index contributed by atoms with van der Waals surface area (Å²) in [5, 5.41) is 14.3. The fourth-order valence-electron chi connectivity index (χ4n) is 0.216. The summed E-state index contributed by atoms with van der Waals surface area (Å²) in [6.07, 6.45) is 0. The Hall–Kier alpha value is -1.04. The third-order valence-corrected chi connectivity index (χ3v) is 1.07. The van der Waals surface area contributed by atoms with E-state index in [9.17, 15) is 4.79 Å². The van der Waals surface area contributed by atoms with Crippen LogP contribution in [0.25, 0.3) is 0 Å². The van der Waals surface area contributed by atoms with Crippen LogP contribution in [0.2, 0.25) is 0 Å². The highest BCUT2D eigenvalue weighted by atomic mass is 32.1. The number of hydrogen-bond acceptors (Lipinski definition) is 5. The number of hydrogen-bond donors (Lipinski definition) is 1. The maximum atomic E-state index is 9.93. The van der Waals surface area contributed by atoms with Crippen molar-refractivity contribution in [3.05, 3.63) is 5.01 Å². The standard InChI is InChI=1S/C2HN3O2S/c6-2(7)1-3-4-5-8-1/h(H,6,7). The molecule has 0 aliphatic carbocycles. The van der Waals surface area contributed by atoms with Crippen molar-refractivity contribution in [2.24, 2.45) is 0 Å². The average Bonchev–Trinajstić information content (AvgIpc) is 2.12. The van der Waals surface area contributed by atoms with Gasteiger partial charge < -0.3 is 5.11 Å². The van der Waals surface area contributed by atoms with Crippen molar-refractivity contribution in [2.75, 3.05) is 0 Å². The number of aromatic nitrogens is 3. The number of carbonyl (C=O) groups is 1. The first kappa shape index (κ1) is 5.10. The molecule has 1 heterocycles. The lowest BCUT2D eigenvalue weighted by atomic mass is 10.7. The molecule has 1 aromatic heterocycles. The molecule has 0 saturated heterocycles. The molecule has 42 valence electrons. The van der Waals surface area contributed by atoms with Crippen molar-refractivity contribution >= 4 is 17.5 Å². The van der Waals surface area contributed by atoms with Crippen molar-refractivity contribution in [1.29, 1.82) is 0 Å². The molecular formula is C2HN3O2S. The molecule has 0 aliphatic rings. The predicted octanol–water partition coefficient (Wildman–Crippen LogP) is -0.369.